The van der Waals surface area contributed by atoms with Gasteiger partial charge in [0.05, 0.1) is 17.0 Å². The Bertz CT molecular complexity index is 1450. The number of anilines is 1. The summed E-state index contributed by atoms with van der Waals surface area (Å²) in [6.07, 6.45) is 1.12. The molecule has 0 fully saturated rings. The average Bonchev–Trinajstić information content (AvgIpc) is 2.86. The van der Waals surface area contributed by atoms with E-state index in [-0.39, 0.29) is 23.7 Å². The van der Waals surface area contributed by atoms with Gasteiger partial charge in [-0.15, -0.1) is 0 Å². The van der Waals surface area contributed by atoms with E-state index in [0.717, 1.165) is 28.3 Å². The molecular weight excluding hydrogens is 576 g/mol. The maximum absolute atomic E-state index is 14.0. The first-order valence-corrected chi connectivity index (χ1v) is 15.1. The number of nitrogens with zero attached hydrogens (tertiary/aromatic N) is 2. The Morgan fingerprint density at radius 3 is 2.12 bits per heavy atom. The van der Waals surface area contributed by atoms with Crippen molar-refractivity contribution in [2.45, 2.75) is 45.3 Å². The molecule has 214 valence electrons. The number of hydrogen-bond acceptors (Lipinski definition) is 4. The van der Waals surface area contributed by atoms with Crippen LogP contribution in [0.5, 0.6) is 0 Å². The summed E-state index contributed by atoms with van der Waals surface area (Å²) in [6, 6.07) is 18.5. The summed E-state index contributed by atoms with van der Waals surface area (Å²) in [4.78, 5) is 29.0. The monoisotopic (exact) mass is 607 g/mol. The van der Waals surface area contributed by atoms with E-state index < -0.39 is 45.8 Å². The first-order valence-electron chi connectivity index (χ1n) is 12.5. The molecule has 0 bridgehead atoms. The van der Waals surface area contributed by atoms with Gasteiger partial charge in [-0.05, 0) is 62.2 Å². The summed E-state index contributed by atoms with van der Waals surface area (Å²) in [5, 5.41) is 3.17. The lowest BCUT2D eigenvalue weighted by atomic mass is 10.0. The first-order chi connectivity index (χ1) is 18.6. The van der Waals surface area contributed by atoms with Crippen LogP contribution in [0.25, 0.3) is 0 Å². The van der Waals surface area contributed by atoms with Crippen LogP contribution in [0.2, 0.25) is 10.0 Å². The number of carbonyl (C=O) groups is 2. The smallest absolute Gasteiger partial charge is 0.244 e. The van der Waals surface area contributed by atoms with Gasteiger partial charge in [0.25, 0.3) is 0 Å². The van der Waals surface area contributed by atoms with Gasteiger partial charge in [-0.1, -0.05) is 65.7 Å². The predicted octanol–water partition coefficient (Wildman–Crippen LogP) is 5.45. The lowest BCUT2D eigenvalue weighted by Gasteiger charge is -2.35. The molecular formula is C29H32Cl2FN3O4S. The zero-order valence-corrected chi connectivity index (χ0v) is 25.0. The van der Waals surface area contributed by atoms with Gasteiger partial charge in [0.2, 0.25) is 21.8 Å². The highest BCUT2D eigenvalue weighted by molar-refractivity contribution is 7.92. The molecule has 3 aromatic rings. The maximum atomic E-state index is 14.0. The fourth-order valence-electron chi connectivity index (χ4n) is 4.05. The third-order valence-electron chi connectivity index (χ3n) is 5.91. The zero-order valence-electron chi connectivity index (χ0n) is 22.7. The van der Waals surface area contributed by atoms with Gasteiger partial charge in [-0.2, -0.15) is 0 Å². The largest absolute Gasteiger partial charge is 0.350 e. The van der Waals surface area contributed by atoms with Crippen LogP contribution in [0.15, 0.2) is 72.8 Å². The van der Waals surface area contributed by atoms with Crippen molar-refractivity contribution < 1.29 is 22.4 Å². The van der Waals surface area contributed by atoms with Crippen LogP contribution in [-0.4, -0.2) is 49.5 Å². The summed E-state index contributed by atoms with van der Waals surface area (Å²) < 4.78 is 40.2. The molecule has 0 aliphatic rings. The minimum absolute atomic E-state index is 0.00679. The van der Waals surface area contributed by atoms with Crippen molar-refractivity contribution in [2.24, 2.45) is 0 Å². The molecule has 1 unspecified atom stereocenters. The lowest BCUT2D eigenvalue weighted by Crippen LogP contribution is -2.56. The molecule has 7 nitrogen and oxygen atoms in total. The minimum atomic E-state index is -4.00. The Kier molecular flexibility index (Phi) is 10.2. The third-order valence-corrected chi connectivity index (χ3v) is 7.59. The number of benzene rings is 3. The van der Waals surface area contributed by atoms with Crippen molar-refractivity contribution in [1.82, 2.24) is 10.2 Å². The van der Waals surface area contributed by atoms with Gasteiger partial charge in [-0.25, -0.2) is 12.8 Å². The van der Waals surface area contributed by atoms with E-state index in [1.165, 1.54) is 11.0 Å². The molecule has 0 radical (unpaired) electrons. The normalized spacial score (nSPS) is 12.5. The SMILES string of the molecule is CC(C)(C)NC(=O)C(Cc1ccccc1)N(Cc1ccc(Cl)cc1)C(=O)CN(c1ccc(F)c(Cl)c1)S(C)(=O)=O. The lowest BCUT2D eigenvalue weighted by molar-refractivity contribution is -0.140. The zero-order chi connectivity index (χ0) is 29.7. The minimum Gasteiger partial charge on any atom is -0.350 e. The molecule has 11 heteroatoms. The molecule has 2 amide bonds. The van der Waals surface area contributed by atoms with E-state index in [0.29, 0.717) is 10.6 Å². The van der Waals surface area contributed by atoms with E-state index in [1.807, 2.05) is 51.1 Å². The molecule has 1 N–H and O–H groups in total. The number of halogens is 3. The van der Waals surface area contributed by atoms with Gasteiger partial charge in [-0.3, -0.25) is 13.9 Å². The van der Waals surface area contributed by atoms with E-state index in [1.54, 1.807) is 24.3 Å². The molecule has 40 heavy (non-hydrogen) atoms. The molecule has 0 aliphatic heterocycles. The highest BCUT2D eigenvalue weighted by Crippen LogP contribution is 2.25. The standard InChI is InChI=1S/C29H32Cl2FN3O4S/c1-29(2,3)33-28(37)26(16-20-8-6-5-7-9-20)34(18-21-10-12-22(30)13-11-21)27(36)19-35(40(4,38)39)23-14-15-25(32)24(31)17-23/h5-15,17,26H,16,18-19H2,1-4H3,(H,33,37). The Hall–Kier alpha value is -3.14. The molecule has 0 heterocycles. The number of amides is 2. The Labute approximate surface area is 244 Å². The van der Waals surface area contributed by atoms with Gasteiger partial charge in [0, 0.05) is 23.5 Å². The summed E-state index contributed by atoms with van der Waals surface area (Å²) in [5.74, 6) is -1.75. The Morgan fingerprint density at radius 1 is 0.950 bits per heavy atom. The molecule has 0 saturated heterocycles. The Morgan fingerprint density at radius 2 is 1.57 bits per heavy atom. The maximum Gasteiger partial charge on any atom is 0.244 e. The number of sulfonamides is 1. The number of nitrogens with one attached hydrogen (secondary N) is 1. The quantitative estimate of drug-likeness (QED) is 0.332. The second-order valence-corrected chi connectivity index (χ2v) is 13.2. The van der Waals surface area contributed by atoms with Crippen LogP contribution in [-0.2, 0) is 32.6 Å². The molecule has 3 aromatic carbocycles. The van der Waals surface area contributed by atoms with Crippen LogP contribution in [0.1, 0.15) is 31.9 Å². The van der Waals surface area contributed by atoms with E-state index in [4.69, 9.17) is 23.2 Å². The molecule has 0 saturated carbocycles. The van der Waals surface area contributed by atoms with Gasteiger partial charge in [0.15, 0.2) is 0 Å². The first kappa shape index (κ1) is 31.4. The number of rotatable bonds is 10. The molecule has 0 spiro atoms. The summed E-state index contributed by atoms with van der Waals surface area (Å²) in [7, 11) is -4.00. The van der Waals surface area contributed by atoms with Crippen molar-refractivity contribution in [2.75, 3.05) is 17.1 Å². The van der Waals surface area contributed by atoms with Crippen LogP contribution in [0.3, 0.4) is 0 Å². The van der Waals surface area contributed by atoms with Crippen LogP contribution >= 0.6 is 23.2 Å². The van der Waals surface area contributed by atoms with Gasteiger partial charge >= 0.3 is 0 Å². The van der Waals surface area contributed by atoms with E-state index >= 15 is 0 Å². The van der Waals surface area contributed by atoms with Gasteiger partial charge < -0.3 is 10.2 Å². The second kappa shape index (κ2) is 13.0. The highest BCUT2D eigenvalue weighted by atomic mass is 35.5. The van der Waals surface area contributed by atoms with E-state index in [2.05, 4.69) is 5.32 Å². The van der Waals surface area contributed by atoms with Crippen LogP contribution in [0.4, 0.5) is 10.1 Å². The molecule has 1 atom stereocenters. The highest BCUT2D eigenvalue weighted by Gasteiger charge is 2.34. The molecule has 0 aromatic heterocycles. The number of hydrogen-bond donors (Lipinski definition) is 1. The van der Waals surface area contributed by atoms with Crippen molar-refractivity contribution >= 4 is 50.7 Å². The van der Waals surface area contributed by atoms with Crippen molar-refractivity contribution in [3.8, 4) is 0 Å². The van der Waals surface area contributed by atoms with Crippen LogP contribution in [0, 0.1) is 5.82 Å². The fourth-order valence-corrected chi connectivity index (χ4v) is 5.19. The van der Waals surface area contributed by atoms with Crippen molar-refractivity contribution in [3.63, 3.8) is 0 Å². The predicted molar refractivity (Wildman–Crippen MR) is 157 cm³/mol. The third kappa shape index (κ3) is 8.94. The summed E-state index contributed by atoms with van der Waals surface area (Å²) in [5.41, 5.74) is 0.934. The number of carbonyl (C=O) groups excluding carboxylic acids is 2. The van der Waals surface area contributed by atoms with Crippen molar-refractivity contribution in [3.05, 3.63) is 99.8 Å². The topological polar surface area (TPSA) is 86.8 Å². The molecule has 3 rings (SSSR count). The van der Waals surface area contributed by atoms with Gasteiger partial charge in [0.1, 0.15) is 18.4 Å². The van der Waals surface area contributed by atoms with Crippen molar-refractivity contribution in [1.29, 1.82) is 0 Å². The van der Waals surface area contributed by atoms with E-state index in [9.17, 15) is 22.4 Å². The second-order valence-electron chi connectivity index (χ2n) is 10.5. The Balaban J connectivity index is 2.08. The van der Waals surface area contributed by atoms with Crippen LogP contribution < -0.4 is 9.62 Å². The molecule has 0 aliphatic carbocycles. The average molecular weight is 609 g/mol. The fraction of sp³-hybridized carbons (Fsp3) is 0.310. The summed E-state index contributed by atoms with van der Waals surface area (Å²) in [6.45, 7) is 4.87. The summed E-state index contributed by atoms with van der Waals surface area (Å²) >= 11 is 12.0.